The van der Waals surface area contributed by atoms with Gasteiger partial charge in [0.2, 0.25) is 0 Å². The van der Waals surface area contributed by atoms with Crippen LogP contribution in [0, 0.1) is 0 Å². The van der Waals surface area contributed by atoms with Crippen molar-refractivity contribution in [1.82, 2.24) is 5.32 Å². The Bertz CT molecular complexity index is 812. The molecular weight excluding hydrogens is 390 g/mol. The first kappa shape index (κ1) is 21.1. The molecule has 28 heavy (non-hydrogen) atoms. The molecular formula is C22H27NO3S2. The Balaban J connectivity index is 1.97. The van der Waals surface area contributed by atoms with Crippen molar-refractivity contribution in [3.8, 4) is 0 Å². The van der Waals surface area contributed by atoms with Crippen molar-refractivity contribution in [2.45, 2.75) is 43.9 Å². The maximum absolute atomic E-state index is 13.0. The smallest absolute Gasteiger partial charge is 0.336 e. The van der Waals surface area contributed by atoms with E-state index in [-0.39, 0.29) is 17.7 Å². The van der Waals surface area contributed by atoms with Gasteiger partial charge in [-0.05, 0) is 49.5 Å². The fourth-order valence-electron chi connectivity index (χ4n) is 3.80. The third-order valence-corrected chi connectivity index (χ3v) is 6.72. The fraction of sp³-hybridized carbons (Fsp3) is 0.455. The zero-order valence-electron chi connectivity index (χ0n) is 16.7. The van der Waals surface area contributed by atoms with Crippen LogP contribution < -0.4 is 5.32 Å². The summed E-state index contributed by atoms with van der Waals surface area (Å²) in [5, 5.41) is 3.33. The van der Waals surface area contributed by atoms with E-state index in [1.165, 1.54) is 0 Å². The van der Waals surface area contributed by atoms with Gasteiger partial charge in [-0.15, -0.1) is 11.8 Å². The van der Waals surface area contributed by atoms with Crippen LogP contribution in [-0.4, -0.2) is 36.1 Å². The van der Waals surface area contributed by atoms with Gasteiger partial charge in [0.25, 0.3) is 0 Å². The van der Waals surface area contributed by atoms with Crippen molar-refractivity contribution in [2.75, 3.05) is 24.4 Å². The molecule has 0 saturated heterocycles. The molecule has 0 amide bonds. The lowest BCUT2D eigenvalue weighted by Gasteiger charge is -2.34. The highest BCUT2D eigenvalue weighted by Gasteiger charge is 2.39. The van der Waals surface area contributed by atoms with E-state index < -0.39 is 0 Å². The summed E-state index contributed by atoms with van der Waals surface area (Å²) in [5.74, 6) is 1.22. The van der Waals surface area contributed by atoms with Crippen LogP contribution in [0.25, 0.3) is 0 Å². The highest BCUT2D eigenvalue weighted by molar-refractivity contribution is 7.99. The Hall–Kier alpha value is -1.66. The van der Waals surface area contributed by atoms with Gasteiger partial charge in [-0.3, -0.25) is 4.79 Å². The van der Waals surface area contributed by atoms with Crippen LogP contribution in [0.3, 0.4) is 0 Å². The number of hydrogen-bond donors (Lipinski definition) is 1. The third kappa shape index (κ3) is 4.49. The number of Topliss-reactive ketones (excluding diaryl/α,β-unsaturated/α-hetero) is 1. The second-order valence-corrected chi connectivity index (χ2v) is 9.15. The number of benzene rings is 1. The van der Waals surface area contributed by atoms with E-state index in [2.05, 4.69) is 12.2 Å². The van der Waals surface area contributed by atoms with Gasteiger partial charge in [0, 0.05) is 40.0 Å². The standard InChI is InChI=1S/C22H27NO3S2/c1-4-28-13-12-26-22(25)19-14(2)23-17-6-5-7-18(24)21(17)20(19)15-8-10-16(27-3)11-9-15/h8-11,20,23H,4-7,12-13H2,1-3H3/t20-/m1/s1. The van der Waals surface area contributed by atoms with E-state index in [1.807, 2.05) is 37.4 Å². The summed E-state index contributed by atoms with van der Waals surface area (Å²) in [6.07, 6.45) is 4.26. The van der Waals surface area contributed by atoms with Gasteiger partial charge >= 0.3 is 5.97 Å². The van der Waals surface area contributed by atoms with Gasteiger partial charge in [0.05, 0.1) is 5.57 Å². The highest BCUT2D eigenvalue weighted by atomic mass is 32.2. The molecule has 0 saturated carbocycles. The first-order chi connectivity index (χ1) is 13.6. The lowest BCUT2D eigenvalue weighted by Crippen LogP contribution is -2.34. The number of ketones is 1. The Morgan fingerprint density at radius 3 is 2.68 bits per heavy atom. The van der Waals surface area contributed by atoms with Crippen molar-refractivity contribution in [3.63, 3.8) is 0 Å². The summed E-state index contributed by atoms with van der Waals surface area (Å²) in [5.41, 5.74) is 4.03. The van der Waals surface area contributed by atoms with E-state index in [1.54, 1.807) is 23.5 Å². The molecule has 150 valence electrons. The first-order valence-corrected chi connectivity index (χ1v) is 12.1. The van der Waals surface area contributed by atoms with Gasteiger partial charge in [-0.25, -0.2) is 4.79 Å². The molecule has 4 nitrogen and oxygen atoms in total. The second-order valence-electron chi connectivity index (χ2n) is 6.87. The molecule has 1 heterocycles. The molecule has 0 bridgehead atoms. The fourth-order valence-corrected chi connectivity index (χ4v) is 4.70. The highest BCUT2D eigenvalue weighted by Crippen LogP contribution is 2.42. The number of rotatable bonds is 7. The van der Waals surface area contributed by atoms with Crippen LogP contribution in [0.2, 0.25) is 0 Å². The van der Waals surface area contributed by atoms with Gasteiger partial charge in [0.1, 0.15) is 6.61 Å². The molecule has 1 aliphatic carbocycles. The summed E-state index contributed by atoms with van der Waals surface area (Å²) in [7, 11) is 0. The van der Waals surface area contributed by atoms with Crippen molar-refractivity contribution in [3.05, 3.63) is 52.4 Å². The molecule has 6 heteroatoms. The van der Waals surface area contributed by atoms with Crippen LogP contribution in [0.4, 0.5) is 0 Å². The van der Waals surface area contributed by atoms with Gasteiger partial charge in [0.15, 0.2) is 5.78 Å². The van der Waals surface area contributed by atoms with E-state index in [9.17, 15) is 9.59 Å². The van der Waals surface area contributed by atoms with Gasteiger partial charge in [-0.2, -0.15) is 11.8 Å². The molecule has 1 aromatic carbocycles. The molecule has 0 radical (unpaired) electrons. The second kappa shape index (κ2) is 9.70. The Labute approximate surface area is 175 Å². The summed E-state index contributed by atoms with van der Waals surface area (Å²) in [6.45, 7) is 4.37. The average molecular weight is 418 g/mol. The molecule has 2 aliphatic rings. The van der Waals surface area contributed by atoms with Crippen molar-refractivity contribution in [1.29, 1.82) is 0 Å². The Morgan fingerprint density at radius 1 is 1.25 bits per heavy atom. The zero-order valence-corrected chi connectivity index (χ0v) is 18.3. The molecule has 0 unspecified atom stereocenters. The number of dihydropyridines is 1. The largest absolute Gasteiger partial charge is 0.461 e. The quantitative estimate of drug-likeness (QED) is 0.395. The molecule has 1 atom stereocenters. The molecule has 0 spiro atoms. The third-order valence-electron chi connectivity index (χ3n) is 5.11. The van der Waals surface area contributed by atoms with Crippen LogP contribution in [-0.2, 0) is 14.3 Å². The number of thioether (sulfide) groups is 2. The minimum absolute atomic E-state index is 0.132. The topological polar surface area (TPSA) is 55.4 Å². The number of hydrogen-bond acceptors (Lipinski definition) is 6. The van der Waals surface area contributed by atoms with Crippen LogP contribution in [0.1, 0.15) is 44.6 Å². The molecule has 1 aliphatic heterocycles. The predicted octanol–water partition coefficient (Wildman–Crippen LogP) is 4.67. The van der Waals surface area contributed by atoms with E-state index in [0.717, 1.165) is 51.8 Å². The normalized spacial score (nSPS) is 19.4. The number of ether oxygens (including phenoxy) is 1. The summed E-state index contributed by atoms with van der Waals surface area (Å²) in [4.78, 5) is 27.0. The Morgan fingerprint density at radius 2 is 2.00 bits per heavy atom. The SMILES string of the molecule is CCSCCOC(=O)C1=C(C)NC2=C(C(=O)CCC2)[C@@H]1c1ccc(SC)cc1. The molecule has 3 rings (SSSR count). The number of carbonyl (C=O) groups is 2. The molecule has 0 fully saturated rings. The summed E-state index contributed by atoms with van der Waals surface area (Å²) >= 11 is 3.42. The number of carbonyl (C=O) groups excluding carboxylic acids is 2. The average Bonchev–Trinajstić information content (AvgIpc) is 2.70. The molecule has 0 aromatic heterocycles. The lowest BCUT2D eigenvalue weighted by molar-refractivity contribution is -0.138. The lowest BCUT2D eigenvalue weighted by atomic mass is 9.75. The minimum Gasteiger partial charge on any atom is -0.461 e. The Kier molecular flexibility index (Phi) is 7.30. The van der Waals surface area contributed by atoms with E-state index in [4.69, 9.17) is 4.74 Å². The number of nitrogens with one attached hydrogen (secondary N) is 1. The predicted molar refractivity (Wildman–Crippen MR) is 117 cm³/mol. The van der Waals surface area contributed by atoms with Crippen LogP contribution in [0.5, 0.6) is 0 Å². The maximum atomic E-state index is 13.0. The van der Waals surface area contributed by atoms with Crippen molar-refractivity contribution >= 4 is 35.3 Å². The summed E-state index contributed by atoms with van der Waals surface area (Å²) < 4.78 is 5.57. The molecule has 1 N–H and O–H groups in total. The van der Waals surface area contributed by atoms with Crippen molar-refractivity contribution in [2.24, 2.45) is 0 Å². The van der Waals surface area contributed by atoms with Gasteiger partial charge < -0.3 is 10.1 Å². The number of allylic oxidation sites excluding steroid dienone is 3. The summed E-state index contributed by atoms with van der Waals surface area (Å²) in [6, 6.07) is 8.15. The van der Waals surface area contributed by atoms with Gasteiger partial charge in [-0.1, -0.05) is 19.1 Å². The zero-order chi connectivity index (χ0) is 20.1. The van der Waals surface area contributed by atoms with Crippen LogP contribution >= 0.6 is 23.5 Å². The molecule has 1 aromatic rings. The van der Waals surface area contributed by atoms with E-state index >= 15 is 0 Å². The minimum atomic E-state index is -0.355. The first-order valence-electron chi connectivity index (χ1n) is 9.69. The van der Waals surface area contributed by atoms with Crippen molar-refractivity contribution < 1.29 is 14.3 Å². The van der Waals surface area contributed by atoms with E-state index in [0.29, 0.717) is 18.6 Å². The maximum Gasteiger partial charge on any atom is 0.336 e. The number of esters is 1. The monoisotopic (exact) mass is 417 g/mol. The van der Waals surface area contributed by atoms with Crippen LogP contribution in [0.15, 0.2) is 51.7 Å².